The number of carbonyl (C=O) groups is 2. The molecule has 0 bridgehead atoms. The van der Waals surface area contributed by atoms with Gasteiger partial charge in [0.2, 0.25) is 0 Å². The first-order valence-corrected chi connectivity index (χ1v) is 7.40. The molecule has 0 aliphatic carbocycles. The quantitative estimate of drug-likeness (QED) is 0.443. The first-order chi connectivity index (χ1) is 10.9. The van der Waals surface area contributed by atoms with Crippen LogP contribution in [0, 0.1) is 0 Å². The molecule has 7 heteroatoms. The van der Waals surface area contributed by atoms with Crippen LogP contribution in [-0.2, 0) is 9.59 Å². The summed E-state index contributed by atoms with van der Waals surface area (Å²) in [5.74, 6) is -1.13. The zero-order valence-electron chi connectivity index (χ0n) is 11.5. The van der Waals surface area contributed by atoms with Crippen molar-refractivity contribution >= 4 is 46.7 Å². The van der Waals surface area contributed by atoms with Gasteiger partial charge in [-0.2, -0.15) is 0 Å². The minimum absolute atomic E-state index is 0.133. The van der Waals surface area contributed by atoms with Crippen molar-refractivity contribution < 1.29 is 19.1 Å². The maximum Gasteiger partial charge on any atom is 0.336 e. The van der Waals surface area contributed by atoms with Gasteiger partial charge < -0.3 is 9.47 Å². The number of hydrogen-bond acceptors (Lipinski definition) is 4. The van der Waals surface area contributed by atoms with E-state index in [1.165, 1.54) is 24.3 Å². The van der Waals surface area contributed by atoms with Crippen molar-refractivity contribution in [2.24, 2.45) is 0 Å². The molecular formula is C16H9Cl3O4. The minimum atomic E-state index is -0.780. The highest BCUT2D eigenvalue weighted by molar-refractivity contribution is 6.35. The second-order valence-electron chi connectivity index (χ2n) is 4.21. The van der Waals surface area contributed by atoms with Crippen molar-refractivity contribution in [3.63, 3.8) is 0 Å². The van der Waals surface area contributed by atoms with Crippen molar-refractivity contribution in [2.45, 2.75) is 0 Å². The normalized spacial score (nSPS) is 10.6. The van der Waals surface area contributed by atoms with Gasteiger partial charge in [0.1, 0.15) is 11.5 Å². The SMILES string of the molecule is O=C(/C=C/C(=O)Oc1ccc(Cl)cc1Cl)Oc1cccc(Cl)c1. The van der Waals surface area contributed by atoms with Crippen LogP contribution >= 0.6 is 34.8 Å². The zero-order valence-corrected chi connectivity index (χ0v) is 13.7. The number of rotatable bonds is 4. The summed E-state index contributed by atoms with van der Waals surface area (Å²) in [5.41, 5.74) is 0. The number of halogens is 3. The monoisotopic (exact) mass is 370 g/mol. The molecule has 0 saturated carbocycles. The van der Waals surface area contributed by atoms with Crippen molar-refractivity contribution in [3.05, 3.63) is 69.7 Å². The topological polar surface area (TPSA) is 52.6 Å². The van der Waals surface area contributed by atoms with Gasteiger partial charge in [-0.05, 0) is 36.4 Å². The summed E-state index contributed by atoms with van der Waals surface area (Å²) < 4.78 is 9.95. The van der Waals surface area contributed by atoms with Crippen molar-refractivity contribution in [1.29, 1.82) is 0 Å². The Hall–Kier alpha value is -2.01. The molecule has 0 spiro atoms. The molecule has 23 heavy (non-hydrogen) atoms. The molecule has 0 N–H and O–H groups in total. The van der Waals surface area contributed by atoms with Gasteiger partial charge in [0.15, 0.2) is 0 Å². The summed E-state index contributed by atoms with van der Waals surface area (Å²) in [5, 5.41) is 1.02. The van der Waals surface area contributed by atoms with E-state index in [9.17, 15) is 9.59 Å². The summed E-state index contributed by atoms with van der Waals surface area (Å²) in [4.78, 5) is 23.2. The molecule has 0 aliphatic heterocycles. The van der Waals surface area contributed by atoms with E-state index in [4.69, 9.17) is 44.3 Å². The predicted octanol–water partition coefficient (Wildman–Crippen LogP) is 4.71. The zero-order chi connectivity index (χ0) is 16.8. The second-order valence-corrected chi connectivity index (χ2v) is 5.49. The van der Waals surface area contributed by atoms with Crippen LogP contribution in [0.5, 0.6) is 11.5 Å². The predicted molar refractivity (Wildman–Crippen MR) is 88.3 cm³/mol. The highest BCUT2D eigenvalue weighted by atomic mass is 35.5. The van der Waals surface area contributed by atoms with E-state index in [1.54, 1.807) is 18.2 Å². The van der Waals surface area contributed by atoms with Crippen molar-refractivity contribution in [1.82, 2.24) is 0 Å². The molecule has 0 heterocycles. The summed E-state index contributed by atoms with van der Waals surface area (Å²) >= 11 is 17.4. The van der Waals surface area contributed by atoms with E-state index in [0.29, 0.717) is 10.0 Å². The standard InChI is InChI=1S/C16H9Cl3O4/c17-10-2-1-3-12(8-10)22-15(20)6-7-16(21)23-14-5-4-11(18)9-13(14)19/h1-9H/b7-6+. The van der Waals surface area contributed by atoms with Gasteiger partial charge in [-0.25, -0.2) is 9.59 Å². The third-order valence-electron chi connectivity index (χ3n) is 2.47. The average Bonchev–Trinajstić information content (AvgIpc) is 2.48. The van der Waals surface area contributed by atoms with Gasteiger partial charge in [-0.1, -0.05) is 40.9 Å². The fourth-order valence-corrected chi connectivity index (χ4v) is 2.14. The fourth-order valence-electron chi connectivity index (χ4n) is 1.52. The summed E-state index contributed by atoms with van der Waals surface area (Å²) in [7, 11) is 0. The Labute approximate surface area is 147 Å². The Balaban J connectivity index is 1.93. The Morgan fingerprint density at radius 1 is 0.826 bits per heavy atom. The molecule has 0 fully saturated rings. The van der Waals surface area contributed by atoms with Gasteiger partial charge in [-0.15, -0.1) is 0 Å². The molecule has 118 valence electrons. The third-order valence-corrected chi connectivity index (χ3v) is 3.24. The summed E-state index contributed by atoms with van der Waals surface area (Å²) in [6.45, 7) is 0. The molecule has 0 unspecified atom stereocenters. The second kappa shape index (κ2) is 8.02. The van der Waals surface area contributed by atoms with Gasteiger partial charge in [0.25, 0.3) is 0 Å². The molecule has 0 aliphatic rings. The van der Waals surface area contributed by atoms with Gasteiger partial charge >= 0.3 is 11.9 Å². The van der Waals surface area contributed by atoms with Crippen LogP contribution in [0.3, 0.4) is 0 Å². The van der Waals surface area contributed by atoms with Crippen LogP contribution in [0.15, 0.2) is 54.6 Å². The molecule has 2 aromatic carbocycles. The van der Waals surface area contributed by atoms with Crippen LogP contribution < -0.4 is 9.47 Å². The number of benzene rings is 2. The van der Waals surface area contributed by atoms with Crippen LogP contribution in [0.25, 0.3) is 0 Å². The summed E-state index contributed by atoms with van der Waals surface area (Å²) in [6.07, 6.45) is 1.87. The lowest BCUT2D eigenvalue weighted by Gasteiger charge is -2.04. The Morgan fingerprint density at radius 2 is 1.48 bits per heavy atom. The molecule has 2 aromatic rings. The lowest BCUT2D eigenvalue weighted by atomic mass is 10.3. The Kier molecular flexibility index (Phi) is 6.04. The van der Waals surface area contributed by atoms with Crippen LogP contribution in [0.4, 0.5) is 0 Å². The molecule has 0 saturated heterocycles. The first kappa shape index (κ1) is 17.3. The van der Waals surface area contributed by atoms with Crippen molar-refractivity contribution in [2.75, 3.05) is 0 Å². The third kappa shape index (κ3) is 5.60. The van der Waals surface area contributed by atoms with E-state index < -0.39 is 11.9 Å². The number of ether oxygens (including phenoxy) is 2. The van der Waals surface area contributed by atoms with Crippen LogP contribution in [0.1, 0.15) is 0 Å². The lowest BCUT2D eigenvalue weighted by molar-refractivity contribution is -0.131. The molecule has 2 rings (SSSR count). The highest BCUT2D eigenvalue weighted by Crippen LogP contribution is 2.27. The van der Waals surface area contributed by atoms with E-state index in [1.807, 2.05) is 0 Å². The van der Waals surface area contributed by atoms with E-state index in [2.05, 4.69) is 0 Å². The van der Waals surface area contributed by atoms with Crippen LogP contribution in [-0.4, -0.2) is 11.9 Å². The number of esters is 2. The average molecular weight is 372 g/mol. The van der Waals surface area contributed by atoms with Gasteiger partial charge in [0.05, 0.1) is 5.02 Å². The molecule has 4 nitrogen and oxygen atoms in total. The maximum absolute atomic E-state index is 11.6. The molecule has 0 aromatic heterocycles. The Bertz CT molecular complexity index is 772. The number of carbonyl (C=O) groups excluding carboxylic acids is 2. The number of hydrogen-bond donors (Lipinski definition) is 0. The van der Waals surface area contributed by atoms with Gasteiger partial charge in [0, 0.05) is 22.2 Å². The largest absolute Gasteiger partial charge is 0.423 e. The molecule has 0 radical (unpaired) electrons. The lowest BCUT2D eigenvalue weighted by Crippen LogP contribution is -2.08. The smallest absolute Gasteiger partial charge is 0.336 e. The summed E-state index contributed by atoms with van der Waals surface area (Å²) in [6, 6.07) is 10.7. The van der Waals surface area contributed by atoms with E-state index in [0.717, 1.165) is 12.2 Å². The molecule has 0 amide bonds. The van der Waals surface area contributed by atoms with Crippen molar-refractivity contribution in [3.8, 4) is 11.5 Å². The maximum atomic E-state index is 11.6. The van der Waals surface area contributed by atoms with E-state index >= 15 is 0 Å². The molecule has 0 atom stereocenters. The highest BCUT2D eigenvalue weighted by Gasteiger charge is 2.08. The van der Waals surface area contributed by atoms with Crippen LogP contribution in [0.2, 0.25) is 15.1 Å². The first-order valence-electron chi connectivity index (χ1n) is 6.26. The van der Waals surface area contributed by atoms with Gasteiger partial charge in [-0.3, -0.25) is 0 Å². The fraction of sp³-hybridized carbons (Fsp3) is 0. The Morgan fingerprint density at radius 3 is 2.13 bits per heavy atom. The molecular weight excluding hydrogens is 363 g/mol. The minimum Gasteiger partial charge on any atom is -0.423 e. The van der Waals surface area contributed by atoms with E-state index in [-0.39, 0.29) is 16.5 Å².